The fourth-order valence-corrected chi connectivity index (χ4v) is 2.67. The lowest BCUT2D eigenvalue weighted by molar-refractivity contribution is 0.770. The number of aryl methyl sites for hydroxylation is 1. The first kappa shape index (κ1) is 13.6. The zero-order chi connectivity index (χ0) is 14.1. The van der Waals surface area contributed by atoms with Crippen LogP contribution in [0.2, 0.25) is 0 Å². The number of rotatable bonds is 3. The molecule has 0 aliphatic carbocycles. The summed E-state index contributed by atoms with van der Waals surface area (Å²) in [5.41, 5.74) is 4.08. The van der Waals surface area contributed by atoms with Gasteiger partial charge in [-0.2, -0.15) is 0 Å². The van der Waals surface area contributed by atoms with Gasteiger partial charge in [0.2, 0.25) is 0 Å². The smallest absolute Gasteiger partial charge is 0.160 e. The van der Waals surface area contributed by atoms with Gasteiger partial charge < -0.3 is 4.57 Å². The Labute approximate surface area is 130 Å². The Morgan fingerprint density at radius 2 is 2.00 bits per heavy atom. The van der Waals surface area contributed by atoms with E-state index in [0.717, 1.165) is 33.6 Å². The molecule has 3 aromatic rings. The predicted molar refractivity (Wildman–Crippen MR) is 85.1 cm³/mol. The number of aromatic nitrogens is 3. The summed E-state index contributed by atoms with van der Waals surface area (Å²) in [6, 6.07) is 10.3. The zero-order valence-electron chi connectivity index (χ0n) is 11.0. The summed E-state index contributed by atoms with van der Waals surface area (Å²) >= 11 is 9.46. The number of imidazole rings is 1. The van der Waals surface area contributed by atoms with E-state index in [9.17, 15) is 0 Å². The molecule has 20 heavy (non-hydrogen) atoms. The van der Waals surface area contributed by atoms with Crippen LogP contribution in [0.15, 0.2) is 41.0 Å². The molecule has 0 aliphatic heterocycles. The van der Waals surface area contributed by atoms with Crippen LogP contribution < -0.4 is 0 Å². The highest BCUT2D eigenvalue weighted by Crippen LogP contribution is 2.19. The van der Waals surface area contributed by atoms with Crippen molar-refractivity contribution in [3.63, 3.8) is 0 Å². The van der Waals surface area contributed by atoms with Gasteiger partial charge in [-0.1, -0.05) is 28.1 Å². The highest BCUT2D eigenvalue weighted by atomic mass is 79.9. The lowest BCUT2D eigenvalue weighted by atomic mass is 10.2. The molecule has 3 nitrogen and oxygen atoms in total. The van der Waals surface area contributed by atoms with Gasteiger partial charge in [-0.15, -0.1) is 11.6 Å². The largest absolute Gasteiger partial charge is 0.307 e. The zero-order valence-corrected chi connectivity index (χ0v) is 13.3. The molecule has 1 aromatic carbocycles. The minimum absolute atomic E-state index is 0.381. The third kappa shape index (κ3) is 2.58. The molecule has 0 atom stereocenters. The normalized spacial score (nSPS) is 11.2. The Bertz CT molecular complexity index is 750. The average molecular weight is 351 g/mol. The fourth-order valence-electron chi connectivity index (χ4n) is 2.20. The summed E-state index contributed by atoms with van der Waals surface area (Å²) < 4.78 is 3.15. The van der Waals surface area contributed by atoms with Crippen molar-refractivity contribution < 1.29 is 0 Å². The van der Waals surface area contributed by atoms with Crippen molar-refractivity contribution in [1.29, 1.82) is 0 Å². The Balaban J connectivity index is 2.07. The first-order valence-electron chi connectivity index (χ1n) is 6.29. The molecule has 0 bridgehead atoms. The van der Waals surface area contributed by atoms with Crippen molar-refractivity contribution >= 4 is 38.7 Å². The van der Waals surface area contributed by atoms with E-state index in [2.05, 4.69) is 42.6 Å². The molecule has 0 saturated heterocycles. The van der Waals surface area contributed by atoms with Gasteiger partial charge in [0.1, 0.15) is 11.3 Å². The van der Waals surface area contributed by atoms with Crippen LogP contribution in [0.4, 0.5) is 0 Å². The van der Waals surface area contributed by atoms with Crippen molar-refractivity contribution in [2.75, 3.05) is 0 Å². The SMILES string of the molecule is Cc1cnc2c(c1)nc(CCl)n2Cc1ccc(Br)cc1. The standard InChI is InChI=1S/C15H13BrClN3/c1-10-6-13-15(18-8-10)20(14(7-17)19-13)9-11-2-4-12(16)5-3-11/h2-6,8H,7,9H2,1H3. The molecule has 0 amide bonds. The molecule has 0 N–H and O–H groups in total. The van der Waals surface area contributed by atoms with E-state index in [0.29, 0.717) is 5.88 Å². The maximum atomic E-state index is 6.02. The van der Waals surface area contributed by atoms with Gasteiger partial charge in [-0.25, -0.2) is 9.97 Å². The average Bonchev–Trinajstić information content (AvgIpc) is 2.78. The summed E-state index contributed by atoms with van der Waals surface area (Å²) in [6.07, 6.45) is 1.86. The van der Waals surface area contributed by atoms with Crippen LogP contribution in [0.1, 0.15) is 17.0 Å². The molecule has 2 heterocycles. The van der Waals surface area contributed by atoms with Crippen LogP contribution in [0, 0.1) is 6.92 Å². The highest BCUT2D eigenvalue weighted by Gasteiger charge is 2.11. The highest BCUT2D eigenvalue weighted by molar-refractivity contribution is 9.10. The van der Waals surface area contributed by atoms with E-state index in [1.54, 1.807) is 0 Å². The van der Waals surface area contributed by atoms with Gasteiger partial charge >= 0.3 is 0 Å². The summed E-state index contributed by atoms with van der Waals surface area (Å²) in [7, 11) is 0. The Kier molecular flexibility index (Phi) is 3.76. The minimum Gasteiger partial charge on any atom is -0.307 e. The number of fused-ring (bicyclic) bond motifs is 1. The lowest BCUT2D eigenvalue weighted by Gasteiger charge is -2.07. The Morgan fingerprint density at radius 1 is 1.25 bits per heavy atom. The molecule has 5 heteroatoms. The second-order valence-electron chi connectivity index (χ2n) is 4.73. The first-order chi connectivity index (χ1) is 9.67. The Morgan fingerprint density at radius 3 is 2.70 bits per heavy atom. The van der Waals surface area contributed by atoms with Crippen molar-refractivity contribution in [1.82, 2.24) is 14.5 Å². The number of pyridine rings is 1. The van der Waals surface area contributed by atoms with Gasteiger partial charge in [0.25, 0.3) is 0 Å². The predicted octanol–water partition coefficient (Wildman–Crippen LogP) is 4.29. The van der Waals surface area contributed by atoms with Crippen LogP contribution >= 0.6 is 27.5 Å². The van der Waals surface area contributed by atoms with Crippen molar-refractivity contribution in [2.45, 2.75) is 19.3 Å². The topological polar surface area (TPSA) is 30.7 Å². The number of halogens is 2. The van der Waals surface area contributed by atoms with Crippen LogP contribution in [-0.4, -0.2) is 14.5 Å². The molecule has 0 fully saturated rings. The van der Waals surface area contributed by atoms with Crippen molar-refractivity contribution in [2.24, 2.45) is 0 Å². The van der Waals surface area contributed by atoms with Crippen LogP contribution in [-0.2, 0) is 12.4 Å². The van der Waals surface area contributed by atoms with Crippen molar-refractivity contribution in [3.8, 4) is 0 Å². The van der Waals surface area contributed by atoms with Gasteiger partial charge in [-0.3, -0.25) is 0 Å². The van der Waals surface area contributed by atoms with E-state index in [1.807, 2.05) is 31.3 Å². The van der Waals surface area contributed by atoms with E-state index < -0.39 is 0 Å². The number of hydrogen-bond donors (Lipinski definition) is 0. The molecule has 0 aliphatic rings. The maximum Gasteiger partial charge on any atom is 0.160 e. The number of alkyl halides is 1. The molecule has 0 unspecified atom stereocenters. The number of nitrogens with zero attached hydrogens (tertiary/aromatic N) is 3. The molecule has 0 saturated carbocycles. The molecule has 0 spiro atoms. The van der Waals surface area contributed by atoms with Crippen LogP contribution in [0.5, 0.6) is 0 Å². The molecular formula is C15H13BrClN3. The number of benzene rings is 1. The van der Waals surface area contributed by atoms with Gasteiger partial charge in [0.15, 0.2) is 5.65 Å². The summed E-state index contributed by atoms with van der Waals surface area (Å²) in [5, 5.41) is 0. The monoisotopic (exact) mass is 349 g/mol. The fraction of sp³-hybridized carbons (Fsp3) is 0.200. The molecule has 3 rings (SSSR count). The quantitative estimate of drug-likeness (QED) is 0.660. The molecule has 0 radical (unpaired) electrons. The van der Waals surface area contributed by atoms with Crippen LogP contribution in [0.25, 0.3) is 11.2 Å². The van der Waals surface area contributed by atoms with E-state index in [-0.39, 0.29) is 0 Å². The minimum atomic E-state index is 0.381. The third-order valence-electron chi connectivity index (χ3n) is 3.17. The van der Waals surface area contributed by atoms with E-state index >= 15 is 0 Å². The third-order valence-corrected chi connectivity index (χ3v) is 3.94. The van der Waals surface area contributed by atoms with Gasteiger partial charge in [0, 0.05) is 10.7 Å². The summed E-state index contributed by atoms with van der Waals surface area (Å²) in [5.74, 6) is 1.23. The second kappa shape index (κ2) is 5.54. The van der Waals surface area contributed by atoms with Gasteiger partial charge in [0.05, 0.1) is 12.4 Å². The molecule has 2 aromatic heterocycles. The van der Waals surface area contributed by atoms with E-state index in [1.165, 1.54) is 5.56 Å². The molecular weight excluding hydrogens is 338 g/mol. The van der Waals surface area contributed by atoms with Crippen molar-refractivity contribution in [3.05, 3.63) is 58.0 Å². The lowest BCUT2D eigenvalue weighted by Crippen LogP contribution is -2.04. The summed E-state index contributed by atoms with van der Waals surface area (Å²) in [4.78, 5) is 9.06. The van der Waals surface area contributed by atoms with E-state index in [4.69, 9.17) is 11.6 Å². The maximum absolute atomic E-state index is 6.02. The second-order valence-corrected chi connectivity index (χ2v) is 5.91. The van der Waals surface area contributed by atoms with Gasteiger partial charge in [-0.05, 0) is 36.2 Å². The molecule has 102 valence electrons. The summed E-state index contributed by atoms with van der Waals surface area (Å²) in [6.45, 7) is 2.74. The van der Waals surface area contributed by atoms with Crippen LogP contribution in [0.3, 0.4) is 0 Å². The first-order valence-corrected chi connectivity index (χ1v) is 7.62. The Hall–Kier alpha value is -1.39. The number of hydrogen-bond acceptors (Lipinski definition) is 2.